The van der Waals surface area contributed by atoms with E-state index in [0.717, 1.165) is 11.1 Å². The topological polar surface area (TPSA) is 62.1 Å². The lowest BCUT2D eigenvalue weighted by molar-refractivity contribution is 0.00167. The number of hydrogen-bond donors (Lipinski definition) is 1. The van der Waals surface area contributed by atoms with Crippen molar-refractivity contribution in [1.82, 2.24) is 4.72 Å². The van der Waals surface area contributed by atoms with Gasteiger partial charge in [-0.05, 0) is 30.5 Å². The van der Waals surface area contributed by atoms with E-state index < -0.39 is 17.0 Å². The molecule has 1 N–H and O–H groups in total. The maximum absolute atomic E-state index is 12.5. The van der Waals surface area contributed by atoms with Crippen molar-refractivity contribution in [3.05, 3.63) is 65.7 Å². The summed E-state index contributed by atoms with van der Waals surface area (Å²) < 4.78 is 21.4. The van der Waals surface area contributed by atoms with Crippen molar-refractivity contribution in [3.8, 4) is 6.07 Å². The third-order valence-corrected chi connectivity index (χ3v) is 5.05. The summed E-state index contributed by atoms with van der Waals surface area (Å²) in [6.07, 6.45) is -0.361. The second-order valence-corrected chi connectivity index (χ2v) is 7.56. The molecular weight excluding hydrogens is 332 g/mol. The molecule has 132 valence electrons. The molecule has 2 aromatic carbocycles. The average Bonchev–Trinajstić information content (AvgIpc) is 2.62. The zero-order valence-corrected chi connectivity index (χ0v) is 15.6. The SMILES string of the molecule is Cc1ccc([S@@](=O)N[C@@H](C#N)[C@@H](OCc2ccccc2)C(C)C)cc1. The summed E-state index contributed by atoms with van der Waals surface area (Å²) in [5, 5.41) is 9.56. The lowest BCUT2D eigenvalue weighted by Crippen LogP contribution is -2.44. The monoisotopic (exact) mass is 356 g/mol. The van der Waals surface area contributed by atoms with Gasteiger partial charge in [-0.1, -0.05) is 61.9 Å². The van der Waals surface area contributed by atoms with Gasteiger partial charge < -0.3 is 4.74 Å². The van der Waals surface area contributed by atoms with Gasteiger partial charge in [0.05, 0.1) is 23.7 Å². The van der Waals surface area contributed by atoms with Gasteiger partial charge in [0.1, 0.15) is 17.0 Å². The lowest BCUT2D eigenvalue weighted by atomic mass is 10.0. The van der Waals surface area contributed by atoms with Crippen LogP contribution in [0.15, 0.2) is 59.5 Å². The van der Waals surface area contributed by atoms with E-state index in [4.69, 9.17) is 4.74 Å². The summed E-state index contributed by atoms with van der Waals surface area (Å²) in [7, 11) is -1.46. The fourth-order valence-electron chi connectivity index (χ4n) is 2.45. The molecule has 2 rings (SSSR count). The van der Waals surface area contributed by atoms with Crippen LogP contribution >= 0.6 is 0 Å². The van der Waals surface area contributed by atoms with Crippen LogP contribution in [0.4, 0.5) is 0 Å². The Labute approximate surface area is 152 Å². The summed E-state index contributed by atoms with van der Waals surface area (Å²) in [4.78, 5) is 0.649. The summed E-state index contributed by atoms with van der Waals surface area (Å²) >= 11 is 0. The Morgan fingerprint density at radius 1 is 1.12 bits per heavy atom. The molecule has 0 aliphatic carbocycles. The molecule has 0 fully saturated rings. The first-order chi connectivity index (χ1) is 12.0. The Morgan fingerprint density at radius 2 is 1.76 bits per heavy atom. The highest BCUT2D eigenvalue weighted by molar-refractivity contribution is 7.83. The van der Waals surface area contributed by atoms with Crippen LogP contribution in [0.1, 0.15) is 25.0 Å². The molecule has 0 radical (unpaired) electrons. The number of nitrogens with one attached hydrogen (secondary N) is 1. The van der Waals surface area contributed by atoms with E-state index in [0.29, 0.717) is 11.5 Å². The fourth-order valence-corrected chi connectivity index (χ4v) is 3.39. The van der Waals surface area contributed by atoms with Crippen molar-refractivity contribution in [2.24, 2.45) is 5.92 Å². The maximum Gasteiger partial charge on any atom is 0.133 e. The summed E-state index contributed by atoms with van der Waals surface area (Å²) in [6.45, 7) is 6.39. The Bertz CT molecular complexity index is 724. The molecule has 0 amide bonds. The molecule has 0 heterocycles. The Hall–Kier alpha value is -2.00. The predicted molar refractivity (Wildman–Crippen MR) is 100.0 cm³/mol. The number of ether oxygens (including phenoxy) is 1. The van der Waals surface area contributed by atoms with E-state index in [2.05, 4.69) is 10.8 Å². The molecule has 3 atom stereocenters. The zero-order valence-electron chi connectivity index (χ0n) is 14.8. The van der Waals surface area contributed by atoms with Crippen LogP contribution in [0.25, 0.3) is 0 Å². The molecule has 0 aromatic heterocycles. The van der Waals surface area contributed by atoms with Crippen molar-refractivity contribution in [3.63, 3.8) is 0 Å². The van der Waals surface area contributed by atoms with E-state index in [1.807, 2.05) is 75.4 Å². The third-order valence-electron chi connectivity index (χ3n) is 3.88. The highest BCUT2D eigenvalue weighted by Crippen LogP contribution is 2.16. The molecule has 25 heavy (non-hydrogen) atoms. The van der Waals surface area contributed by atoms with Gasteiger partial charge in [0, 0.05) is 0 Å². The number of nitrogens with zero attached hydrogens (tertiary/aromatic N) is 1. The van der Waals surface area contributed by atoms with Crippen LogP contribution in [-0.4, -0.2) is 16.4 Å². The van der Waals surface area contributed by atoms with E-state index in [-0.39, 0.29) is 12.0 Å². The number of hydrogen-bond acceptors (Lipinski definition) is 3. The summed E-state index contributed by atoms with van der Waals surface area (Å²) in [6, 6.07) is 18.8. The molecule has 2 aromatic rings. The minimum atomic E-state index is -1.46. The second-order valence-electron chi connectivity index (χ2n) is 6.31. The Kier molecular flexibility index (Phi) is 7.32. The highest BCUT2D eigenvalue weighted by Gasteiger charge is 2.27. The van der Waals surface area contributed by atoms with Gasteiger partial charge >= 0.3 is 0 Å². The van der Waals surface area contributed by atoms with Gasteiger partial charge in [-0.2, -0.15) is 5.26 Å². The number of rotatable bonds is 8. The van der Waals surface area contributed by atoms with Gasteiger partial charge in [0.15, 0.2) is 0 Å². The minimum Gasteiger partial charge on any atom is -0.371 e. The first-order valence-corrected chi connectivity index (χ1v) is 9.46. The standard InChI is InChI=1S/C20H24N2O2S/c1-15(2)20(24-14-17-7-5-4-6-8-17)19(13-21)22-25(23)18-11-9-16(3)10-12-18/h4-12,15,19-20,22H,14H2,1-3H3/t19-,20-,25+/m0/s1. The van der Waals surface area contributed by atoms with Crippen molar-refractivity contribution in [2.45, 2.75) is 44.4 Å². The average molecular weight is 356 g/mol. The molecule has 5 heteroatoms. The molecule has 0 saturated heterocycles. The molecule has 0 unspecified atom stereocenters. The van der Waals surface area contributed by atoms with E-state index in [9.17, 15) is 9.47 Å². The molecule has 4 nitrogen and oxygen atoms in total. The normalized spacial score (nSPS) is 14.7. The molecule has 0 aliphatic heterocycles. The minimum absolute atomic E-state index is 0.107. The zero-order chi connectivity index (χ0) is 18.2. The van der Waals surface area contributed by atoms with Gasteiger partial charge in [0.25, 0.3) is 0 Å². The predicted octanol–water partition coefficient (Wildman–Crippen LogP) is 3.74. The molecule has 0 aliphatic rings. The quantitative estimate of drug-likeness (QED) is 0.784. The number of benzene rings is 2. The van der Waals surface area contributed by atoms with Crippen LogP contribution in [0.5, 0.6) is 0 Å². The molecule has 0 saturated carbocycles. The van der Waals surface area contributed by atoms with Crippen molar-refractivity contribution in [2.75, 3.05) is 0 Å². The van der Waals surface area contributed by atoms with Gasteiger partial charge in [-0.25, -0.2) is 8.93 Å². The van der Waals surface area contributed by atoms with Crippen LogP contribution in [-0.2, 0) is 22.3 Å². The van der Waals surface area contributed by atoms with Gasteiger partial charge in [-0.3, -0.25) is 0 Å². The van der Waals surface area contributed by atoms with E-state index in [1.54, 1.807) is 0 Å². The van der Waals surface area contributed by atoms with Crippen molar-refractivity contribution < 1.29 is 8.95 Å². The smallest absolute Gasteiger partial charge is 0.133 e. The Morgan fingerprint density at radius 3 is 2.32 bits per heavy atom. The largest absolute Gasteiger partial charge is 0.371 e. The second kappa shape index (κ2) is 9.47. The first kappa shape index (κ1) is 19.3. The fraction of sp³-hybridized carbons (Fsp3) is 0.350. The van der Waals surface area contributed by atoms with Crippen molar-refractivity contribution >= 4 is 11.0 Å². The van der Waals surface area contributed by atoms with Gasteiger partial charge in [0.2, 0.25) is 0 Å². The summed E-state index contributed by atoms with van der Waals surface area (Å²) in [5.41, 5.74) is 2.15. The Balaban J connectivity index is 2.05. The van der Waals surface area contributed by atoms with Crippen LogP contribution in [0, 0.1) is 24.2 Å². The van der Waals surface area contributed by atoms with Crippen LogP contribution in [0.2, 0.25) is 0 Å². The molecule has 0 bridgehead atoms. The van der Waals surface area contributed by atoms with Crippen LogP contribution in [0.3, 0.4) is 0 Å². The third kappa shape index (κ3) is 5.79. The summed E-state index contributed by atoms with van der Waals surface area (Å²) in [5.74, 6) is 0.107. The van der Waals surface area contributed by atoms with Crippen molar-refractivity contribution in [1.29, 1.82) is 5.26 Å². The molecular formula is C20H24N2O2S. The molecule has 0 spiro atoms. The number of nitriles is 1. The number of aryl methyl sites for hydroxylation is 1. The first-order valence-electron chi connectivity index (χ1n) is 8.31. The van der Waals surface area contributed by atoms with E-state index >= 15 is 0 Å². The van der Waals surface area contributed by atoms with Gasteiger partial charge in [-0.15, -0.1) is 0 Å². The maximum atomic E-state index is 12.5. The van der Waals surface area contributed by atoms with Crippen LogP contribution < -0.4 is 4.72 Å². The highest BCUT2D eigenvalue weighted by atomic mass is 32.2. The lowest BCUT2D eigenvalue weighted by Gasteiger charge is -2.26. The van der Waals surface area contributed by atoms with E-state index in [1.165, 1.54) is 0 Å².